The molecule has 2 rings (SSSR count). The van der Waals surface area contributed by atoms with Crippen LogP contribution in [0.3, 0.4) is 0 Å². The molecule has 2 N–H and O–H groups in total. The van der Waals surface area contributed by atoms with Crippen LogP contribution in [0.1, 0.15) is 13.8 Å². The van der Waals surface area contributed by atoms with Gasteiger partial charge in [-0.25, -0.2) is 13.1 Å². The van der Waals surface area contributed by atoms with Crippen LogP contribution < -0.4 is 4.72 Å². The molecule has 0 fully saturated rings. The van der Waals surface area contributed by atoms with Gasteiger partial charge in [0, 0.05) is 5.39 Å². The largest absolute Gasteiger partial charge is 0.394 e. The Bertz CT molecular complexity index is 687. The number of rotatable bonds is 4. The molecule has 4 nitrogen and oxygen atoms in total. The standard InChI is InChI=1S/C14H17NO3S/c1-14(2,10-16)15-19(17,18)13-9-5-7-11-6-3-4-8-12(11)13/h3-9,15-16H,10H2,1-2H3. The molecule has 0 spiro atoms. The SMILES string of the molecule is CC(C)(CO)NS(=O)(=O)c1cccc2ccccc12. The minimum atomic E-state index is -3.67. The Kier molecular flexibility index (Phi) is 3.62. The summed E-state index contributed by atoms with van der Waals surface area (Å²) in [6.07, 6.45) is 0. The molecular formula is C14H17NO3S. The van der Waals surface area contributed by atoms with E-state index in [0.29, 0.717) is 5.39 Å². The zero-order chi connectivity index (χ0) is 14.1. The number of hydrogen-bond acceptors (Lipinski definition) is 3. The van der Waals surface area contributed by atoms with E-state index < -0.39 is 15.6 Å². The number of sulfonamides is 1. The molecule has 0 radical (unpaired) electrons. The van der Waals surface area contributed by atoms with Crippen LogP contribution in [-0.4, -0.2) is 25.7 Å². The normalized spacial score (nSPS) is 12.8. The number of benzene rings is 2. The predicted molar refractivity (Wildman–Crippen MR) is 75.4 cm³/mol. The maximum Gasteiger partial charge on any atom is 0.241 e. The number of hydrogen-bond donors (Lipinski definition) is 2. The van der Waals surface area contributed by atoms with Crippen LogP contribution in [0.5, 0.6) is 0 Å². The van der Waals surface area contributed by atoms with Gasteiger partial charge >= 0.3 is 0 Å². The third kappa shape index (κ3) is 2.94. The van der Waals surface area contributed by atoms with Crippen molar-refractivity contribution in [2.75, 3.05) is 6.61 Å². The Morgan fingerprint density at radius 1 is 1.11 bits per heavy atom. The van der Waals surface area contributed by atoms with Crippen LogP contribution in [0, 0.1) is 0 Å². The molecule has 5 heteroatoms. The summed E-state index contributed by atoms with van der Waals surface area (Å²) in [7, 11) is -3.67. The Labute approximate surface area is 113 Å². The summed E-state index contributed by atoms with van der Waals surface area (Å²) in [4.78, 5) is 0.229. The zero-order valence-corrected chi connectivity index (χ0v) is 11.7. The van der Waals surface area contributed by atoms with Gasteiger partial charge in [-0.1, -0.05) is 36.4 Å². The highest BCUT2D eigenvalue weighted by Gasteiger charge is 2.26. The fourth-order valence-electron chi connectivity index (χ4n) is 1.88. The molecule has 2 aromatic carbocycles. The lowest BCUT2D eigenvalue weighted by molar-refractivity contribution is 0.208. The molecule has 0 aromatic heterocycles. The predicted octanol–water partition coefficient (Wildman–Crippen LogP) is 1.89. The second-order valence-electron chi connectivity index (χ2n) is 5.12. The maximum absolute atomic E-state index is 12.4. The highest BCUT2D eigenvalue weighted by Crippen LogP contribution is 2.23. The van der Waals surface area contributed by atoms with Gasteiger partial charge in [-0.05, 0) is 25.3 Å². The van der Waals surface area contributed by atoms with E-state index in [2.05, 4.69) is 4.72 Å². The van der Waals surface area contributed by atoms with Gasteiger partial charge in [0.2, 0.25) is 10.0 Å². The van der Waals surface area contributed by atoms with Crippen molar-refractivity contribution >= 4 is 20.8 Å². The highest BCUT2D eigenvalue weighted by molar-refractivity contribution is 7.89. The highest BCUT2D eigenvalue weighted by atomic mass is 32.2. The van der Waals surface area contributed by atoms with Crippen molar-refractivity contribution in [3.63, 3.8) is 0 Å². The maximum atomic E-state index is 12.4. The quantitative estimate of drug-likeness (QED) is 0.898. The molecule has 2 aromatic rings. The van der Waals surface area contributed by atoms with Gasteiger partial charge in [0.05, 0.1) is 17.0 Å². The second-order valence-corrected chi connectivity index (χ2v) is 6.78. The first-order valence-electron chi connectivity index (χ1n) is 5.98. The Morgan fingerprint density at radius 3 is 2.42 bits per heavy atom. The fraction of sp³-hybridized carbons (Fsp3) is 0.286. The van der Waals surface area contributed by atoms with E-state index in [1.54, 1.807) is 38.1 Å². The third-order valence-electron chi connectivity index (χ3n) is 2.85. The molecule has 0 aliphatic heterocycles. The van der Waals surface area contributed by atoms with Crippen molar-refractivity contribution in [3.05, 3.63) is 42.5 Å². The van der Waals surface area contributed by atoms with Crippen LogP contribution in [0.25, 0.3) is 10.8 Å². The molecular weight excluding hydrogens is 262 g/mol. The molecule has 0 heterocycles. The van der Waals surface area contributed by atoms with E-state index in [9.17, 15) is 13.5 Å². The van der Waals surface area contributed by atoms with E-state index in [1.165, 1.54) is 0 Å². The number of aliphatic hydroxyl groups is 1. The summed E-state index contributed by atoms with van der Waals surface area (Å²) in [5.41, 5.74) is -0.893. The molecule has 19 heavy (non-hydrogen) atoms. The average Bonchev–Trinajstić information content (AvgIpc) is 2.37. The summed E-state index contributed by atoms with van der Waals surface area (Å²) in [5.74, 6) is 0. The minimum absolute atomic E-state index is 0.229. The summed E-state index contributed by atoms with van der Waals surface area (Å²) >= 11 is 0. The number of aliphatic hydroxyl groups excluding tert-OH is 1. The second kappa shape index (κ2) is 4.92. The van der Waals surface area contributed by atoms with E-state index in [0.717, 1.165) is 5.39 Å². The number of nitrogens with one attached hydrogen (secondary N) is 1. The van der Waals surface area contributed by atoms with Crippen molar-refractivity contribution < 1.29 is 13.5 Å². The Balaban J connectivity index is 2.55. The van der Waals surface area contributed by atoms with Gasteiger partial charge in [0.25, 0.3) is 0 Å². The molecule has 0 aliphatic rings. The van der Waals surface area contributed by atoms with E-state index in [-0.39, 0.29) is 11.5 Å². The monoisotopic (exact) mass is 279 g/mol. The lowest BCUT2D eigenvalue weighted by Crippen LogP contribution is -2.46. The molecule has 0 aliphatic carbocycles. The first-order valence-corrected chi connectivity index (χ1v) is 7.47. The summed E-state index contributed by atoms with van der Waals surface area (Å²) < 4.78 is 27.3. The third-order valence-corrected chi connectivity index (χ3v) is 4.60. The topological polar surface area (TPSA) is 66.4 Å². The molecule has 0 unspecified atom stereocenters. The van der Waals surface area contributed by atoms with Gasteiger partial charge in [-0.3, -0.25) is 0 Å². The molecule has 102 valence electrons. The van der Waals surface area contributed by atoms with Crippen LogP contribution in [0.2, 0.25) is 0 Å². The van der Waals surface area contributed by atoms with Crippen molar-refractivity contribution in [2.45, 2.75) is 24.3 Å². The lowest BCUT2D eigenvalue weighted by atomic mass is 10.1. The molecule has 0 saturated heterocycles. The average molecular weight is 279 g/mol. The van der Waals surface area contributed by atoms with Crippen molar-refractivity contribution in [1.82, 2.24) is 4.72 Å². The van der Waals surface area contributed by atoms with Gasteiger partial charge < -0.3 is 5.11 Å². The molecule has 0 saturated carbocycles. The summed E-state index contributed by atoms with van der Waals surface area (Å²) in [5, 5.41) is 10.7. The lowest BCUT2D eigenvalue weighted by Gasteiger charge is -2.23. The van der Waals surface area contributed by atoms with Gasteiger partial charge in [0.1, 0.15) is 0 Å². The molecule has 0 bridgehead atoms. The fourth-order valence-corrected chi connectivity index (χ4v) is 3.52. The van der Waals surface area contributed by atoms with Crippen LogP contribution in [0.4, 0.5) is 0 Å². The van der Waals surface area contributed by atoms with E-state index in [4.69, 9.17) is 0 Å². The van der Waals surface area contributed by atoms with Crippen LogP contribution in [-0.2, 0) is 10.0 Å². The van der Waals surface area contributed by atoms with Gasteiger partial charge in [-0.2, -0.15) is 0 Å². The molecule has 0 amide bonds. The number of fused-ring (bicyclic) bond motifs is 1. The smallest absolute Gasteiger partial charge is 0.241 e. The summed E-state index contributed by atoms with van der Waals surface area (Å²) in [6.45, 7) is 3.00. The van der Waals surface area contributed by atoms with E-state index >= 15 is 0 Å². The van der Waals surface area contributed by atoms with E-state index in [1.807, 2.05) is 18.2 Å². The molecule has 0 atom stereocenters. The van der Waals surface area contributed by atoms with Crippen molar-refractivity contribution in [1.29, 1.82) is 0 Å². The van der Waals surface area contributed by atoms with Crippen molar-refractivity contribution in [2.24, 2.45) is 0 Å². The van der Waals surface area contributed by atoms with Gasteiger partial charge in [0.15, 0.2) is 0 Å². The van der Waals surface area contributed by atoms with Gasteiger partial charge in [-0.15, -0.1) is 0 Å². The minimum Gasteiger partial charge on any atom is -0.394 e. The Hall–Kier alpha value is -1.43. The Morgan fingerprint density at radius 2 is 1.74 bits per heavy atom. The first kappa shape index (κ1) is 14.0. The first-order chi connectivity index (χ1) is 8.86. The van der Waals surface area contributed by atoms with Crippen LogP contribution in [0.15, 0.2) is 47.4 Å². The van der Waals surface area contributed by atoms with Crippen molar-refractivity contribution in [3.8, 4) is 0 Å². The summed E-state index contributed by atoms with van der Waals surface area (Å²) in [6, 6.07) is 12.5. The van der Waals surface area contributed by atoms with Crippen LogP contribution >= 0.6 is 0 Å². The zero-order valence-electron chi connectivity index (χ0n) is 10.9.